The van der Waals surface area contributed by atoms with Crippen molar-refractivity contribution in [3.05, 3.63) is 40.8 Å². The summed E-state index contributed by atoms with van der Waals surface area (Å²) >= 11 is 1.14. The number of pyridine rings is 1. The largest absolute Gasteiger partial charge is 0.454 e. The molecule has 1 amide bonds. The van der Waals surface area contributed by atoms with Crippen LogP contribution in [0.3, 0.4) is 0 Å². The van der Waals surface area contributed by atoms with Gasteiger partial charge in [-0.25, -0.2) is 4.98 Å². The fourth-order valence-corrected chi connectivity index (χ4v) is 4.90. The normalized spacial score (nSPS) is 16.4. The number of aromatic nitrogens is 1. The number of rotatable bonds is 3. The number of nitrogens with zero attached hydrogens (tertiary/aromatic N) is 3. The first-order chi connectivity index (χ1) is 14.5. The van der Waals surface area contributed by atoms with Crippen molar-refractivity contribution >= 4 is 39.0 Å². The highest BCUT2D eigenvalue weighted by atomic mass is 32.1. The molecule has 1 atom stereocenters. The number of aliphatic hydroxyl groups excluding tert-OH is 1. The summed E-state index contributed by atoms with van der Waals surface area (Å²) in [6.07, 6.45) is 0.158. The molecule has 1 saturated heterocycles. The van der Waals surface area contributed by atoms with Gasteiger partial charge in [0.1, 0.15) is 27.4 Å². The summed E-state index contributed by atoms with van der Waals surface area (Å²) in [5, 5.41) is 20.2. The molecule has 1 aliphatic carbocycles. The third-order valence-corrected chi connectivity index (χ3v) is 6.40. The molecular weight excluding hydrogens is 402 g/mol. The lowest BCUT2D eigenvalue weighted by Gasteiger charge is -2.18. The standard InChI is InChI=1S/C21H17N5O3S/c22-8-11-6-13-16(17-14(23)7-10-2-1-3-15(10)29-17)18(19(24)28)30-21(13)25-20(11)26-5-4-12(27)9-26/h1-3,6-7,12,27H,4-5,9,23H2,(H2,24,28). The Morgan fingerprint density at radius 1 is 1.40 bits per heavy atom. The van der Waals surface area contributed by atoms with Crippen LogP contribution in [0.4, 0.5) is 11.5 Å². The Bertz CT molecular complexity index is 1320. The number of primary amides is 1. The lowest BCUT2D eigenvalue weighted by Crippen LogP contribution is -2.23. The number of hydrogen-bond donors (Lipinski definition) is 3. The van der Waals surface area contributed by atoms with Crippen molar-refractivity contribution in [3.63, 3.8) is 0 Å². The molecule has 5 N–H and O–H groups in total. The molecule has 30 heavy (non-hydrogen) atoms. The van der Waals surface area contributed by atoms with Gasteiger partial charge in [-0.05, 0) is 24.6 Å². The molecule has 9 heteroatoms. The molecule has 3 aliphatic rings. The Kier molecular flexibility index (Phi) is 4.13. The molecule has 0 spiro atoms. The van der Waals surface area contributed by atoms with E-state index < -0.39 is 12.0 Å². The number of nitriles is 1. The van der Waals surface area contributed by atoms with Gasteiger partial charge < -0.3 is 25.9 Å². The highest BCUT2D eigenvalue weighted by Crippen LogP contribution is 2.44. The van der Waals surface area contributed by atoms with E-state index in [1.54, 1.807) is 12.1 Å². The average molecular weight is 419 g/mol. The summed E-state index contributed by atoms with van der Waals surface area (Å²) < 4.78 is 6.01. The van der Waals surface area contributed by atoms with Crippen molar-refractivity contribution in [2.24, 2.45) is 5.73 Å². The summed E-state index contributed by atoms with van der Waals surface area (Å²) in [6, 6.07) is 11.2. The number of nitrogens with two attached hydrogens (primary N) is 2. The molecule has 2 aromatic rings. The molecule has 2 aromatic heterocycles. The van der Waals surface area contributed by atoms with Crippen LogP contribution < -0.4 is 16.4 Å². The predicted molar refractivity (Wildman–Crippen MR) is 114 cm³/mol. The molecular formula is C21H17N5O3S. The van der Waals surface area contributed by atoms with Crippen LogP contribution in [0.15, 0.2) is 34.7 Å². The maximum Gasteiger partial charge on any atom is 0.259 e. The van der Waals surface area contributed by atoms with Crippen molar-refractivity contribution in [1.29, 1.82) is 5.26 Å². The maximum atomic E-state index is 12.2. The van der Waals surface area contributed by atoms with Crippen molar-refractivity contribution < 1.29 is 14.3 Å². The van der Waals surface area contributed by atoms with E-state index in [0.29, 0.717) is 63.9 Å². The van der Waals surface area contributed by atoms with E-state index in [-0.39, 0.29) is 4.88 Å². The highest BCUT2D eigenvalue weighted by Gasteiger charge is 2.28. The number of amides is 1. The fraction of sp³-hybridized carbons (Fsp3) is 0.190. The molecule has 0 saturated carbocycles. The number of anilines is 2. The van der Waals surface area contributed by atoms with E-state index in [9.17, 15) is 15.2 Å². The number of β-amino-alcohol motifs (C(OH)–C–C–N with tert-alkyl or cyclic N) is 1. The molecule has 150 valence electrons. The third-order valence-electron chi connectivity index (χ3n) is 5.29. The van der Waals surface area contributed by atoms with Gasteiger partial charge in [0.05, 0.1) is 22.9 Å². The summed E-state index contributed by atoms with van der Waals surface area (Å²) in [7, 11) is 0. The second kappa shape index (κ2) is 6.73. The molecule has 4 heterocycles. The SMILES string of the molecule is N#Cc1cc2c(-c3oc4cccc-4cc3N)c(C(N)=O)sc2nc1N1CCC(O)C1. The second-order valence-corrected chi connectivity index (χ2v) is 8.26. The highest BCUT2D eigenvalue weighted by molar-refractivity contribution is 7.21. The minimum Gasteiger partial charge on any atom is -0.454 e. The van der Waals surface area contributed by atoms with Crippen molar-refractivity contribution in [3.8, 4) is 28.7 Å². The Balaban J connectivity index is 1.78. The minimum absolute atomic E-state index is 0.265. The Morgan fingerprint density at radius 3 is 2.93 bits per heavy atom. The number of carbonyl (C=O) groups excluding carboxylic acids is 1. The van der Waals surface area contributed by atoms with E-state index >= 15 is 0 Å². The molecule has 0 aromatic carbocycles. The summed E-state index contributed by atoms with van der Waals surface area (Å²) in [4.78, 5) is 19.6. The fourth-order valence-electron chi connectivity index (χ4n) is 3.90. The van der Waals surface area contributed by atoms with Gasteiger partial charge in [-0.3, -0.25) is 4.79 Å². The summed E-state index contributed by atoms with van der Waals surface area (Å²) in [5.74, 6) is 0.817. The molecule has 5 rings (SSSR count). The van der Waals surface area contributed by atoms with Crippen LogP contribution >= 0.6 is 11.3 Å². The average Bonchev–Trinajstić information content (AvgIpc) is 3.43. The Morgan fingerprint density at radius 2 is 2.23 bits per heavy atom. The smallest absolute Gasteiger partial charge is 0.259 e. The van der Waals surface area contributed by atoms with E-state index in [1.165, 1.54) is 0 Å². The number of hydrogen-bond acceptors (Lipinski definition) is 8. The first-order valence-electron chi connectivity index (χ1n) is 9.35. The Labute approximate surface area is 175 Å². The van der Waals surface area contributed by atoms with Gasteiger partial charge in [-0.15, -0.1) is 11.3 Å². The van der Waals surface area contributed by atoms with Crippen LogP contribution in [0, 0.1) is 11.3 Å². The van der Waals surface area contributed by atoms with Crippen LogP contribution in [0.5, 0.6) is 0 Å². The first kappa shape index (κ1) is 18.4. The molecule has 8 nitrogen and oxygen atoms in total. The van der Waals surface area contributed by atoms with Crippen LogP contribution in [-0.4, -0.2) is 35.2 Å². The molecule has 0 bridgehead atoms. The van der Waals surface area contributed by atoms with Gasteiger partial charge in [0.15, 0.2) is 5.76 Å². The zero-order valence-corrected chi connectivity index (χ0v) is 16.6. The van der Waals surface area contributed by atoms with Crippen LogP contribution in [0.1, 0.15) is 21.7 Å². The van der Waals surface area contributed by atoms with Gasteiger partial charge in [-0.2, -0.15) is 5.26 Å². The molecule has 1 unspecified atom stereocenters. The number of aliphatic hydroxyl groups is 1. The third kappa shape index (κ3) is 2.77. The quantitative estimate of drug-likeness (QED) is 0.463. The van der Waals surface area contributed by atoms with Crippen LogP contribution in [0.2, 0.25) is 0 Å². The number of thiophene rings is 1. The Hall–Kier alpha value is -3.61. The van der Waals surface area contributed by atoms with E-state index in [0.717, 1.165) is 16.9 Å². The van der Waals surface area contributed by atoms with Crippen LogP contribution in [-0.2, 0) is 0 Å². The number of nitrogen functional groups attached to an aromatic ring is 1. The van der Waals surface area contributed by atoms with E-state index in [4.69, 9.17) is 15.9 Å². The van der Waals surface area contributed by atoms with Crippen LogP contribution in [0.25, 0.3) is 32.9 Å². The molecule has 0 radical (unpaired) electrons. The second-order valence-electron chi connectivity index (χ2n) is 7.26. The van der Waals surface area contributed by atoms with Crippen molar-refractivity contribution in [2.45, 2.75) is 12.5 Å². The van der Waals surface area contributed by atoms with Gasteiger partial charge >= 0.3 is 0 Å². The van der Waals surface area contributed by atoms with E-state index in [2.05, 4.69) is 11.1 Å². The summed E-state index contributed by atoms with van der Waals surface area (Å²) in [5.41, 5.74) is 13.9. The minimum atomic E-state index is -0.623. The maximum absolute atomic E-state index is 12.2. The van der Waals surface area contributed by atoms with Crippen molar-refractivity contribution in [2.75, 3.05) is 23.7 Å². The van der Waals surface area contributed by atoms with Crippen molar-refractivity contribution in [1.82, 2.24) is 4.98 Å². The number of fused-ring (bicyclic) bond motifs is 2. The van der Waals surface area contributed by atoms with Gasteiger partial charge in [0.2, 0.25) is 0 Å². The molecule has 1 fully saturated rings. The van der Waals surface area contributed by atoms with Gasteiger partial charge in [-0.1, -0.05) is 12.1 Å². The molecule has 2 aliphatic heterocycles. The van der Waals surface area contributed by atoms with Gasteiger partial charge in [0, 0.05) is 24.0 Å². The lowest BCUT2D eigenvalue weighted by molar-refractivity contribution is 0.100. The zero-order valence-electron chi connectivity index (χ0n) is 15.8. The lowest BCUT2D eigenvalue weighted by atomic mass is 10.0. The summed E-state index contributed by atoms with van der Waals surface area (Å²) in [6.45, 7) is 1.01. The topological polar surface area (TPSA) is 142 Å². The van der Waals surface area contributed by atoms with Gasteiger partial charge in [0.25, 0.3) is 5.91 Å². The zero-order chi connectivity index (χ0) is 21.0. The monoisotopic (exact) mass is 419 g/mol. The number of carbonyl (C=O) groups is 1. The van der Waals surface area contributed by atoms with E-state index in [1.807, 2.05) is 23.1 Å². The predicted octanol–water partition coefficient (Wildman–Crippen LogP) is 2.78. The first-order valence-corrected chi connectivity index (χ1v) is 10.2.